The predicted molar refractivity (Wildman–Crippen MR) is 116 cm³/mol. The van der Waals surface area contributed by atoms with Crippen LogP contribution in [-0.2, 0) is 24.0 Å². The van der Waals surface area contributed by atoms with E-state index in [2.05, 4.69) is 20.9 Å². The number of carbonyl (C=O) groups is 5. The molecular weight excluding hydrogens is 424 g/mol. The van der Waals surface area contributed by atoms with Gasteiger partial charge in [0, 0.05) is 6.54 Å². The monoisotopic (exact) mass is 458 g/mol. The van der Waals surface area contributed by atoms with Crippen LogP contribution >= 0.6 is 0 Å². The van der Waals surface area contributed by atoms with Gasteiger partial charge in [-0.1, -0.05) is 13.8 Å². The van der Waals surface area contributed by atoms with Gasteiger partial charge in [0.1, 0.15) is 18.1 Å². The molecule has 0 rings (SSSR count). The van der Waals surface area contributed by atoms with Crippen molar-refractivity contribution in [2.45, 2.75) is 57.7 Å². The number of amides is 4. The molecule has 12 N–H and O–H groups in total. The van der Waals surface area contributed by atoms with Gasteiger partial charge in [0.15, 0.2) is 5.96 Å². The van der Waals surface area contributed by atoms with E-state index in [0.29, 0.717) is 0 Å². The molecule has 0 heterocycles. The van der Waals surface area contributed by atoms with Crippen molar-refractivity contribution in [1.82, 2.24) is 16.0 Å². The summed E-state index contributed by atoms with van der Waals surface area (Å²) >= 11 is 0. The van der Waals surface area contributed by atoms with Gasteiger partial charge < -0.3 is 44.0 Å². The molecule has 14 nitrogen and oxygen atoms in total. The second-order valence-corrected chi connectivity index (χ2v) is 7.53. The SMILES string of the molecule is CC(C)CC(NC(=O)CN)C(=O)NC(CCCN=C(N)N)C(=O)NC(CC(N)=O)C(=O)O. The molecule has 4 amide bonds. The van der Waals surface area contributed by atoms with Gasteiger partial charge in [-0.3, -0.25) is 24.2 Å². The topological polar surface area (TPSA) is 258 Å². The number of carboxylic acid groups (broad SMARTS) is 1. The van der Waals surface area contributed by atoms with Crippen molar-refractivity contribution < 1.29 is 29.1 Å². The molecule has 0 bridgehead atoms. The van der Waals surface area contributed by atoms with Crippen LogP contribution in [0.4, 0.5) is 0 Å². The second kappa shape index (κ2) is 14.6. The molecule has 3 atom stereocenters. The van der Waals surface area contributed by atoms with Crippen LogP contribution in [-0.4, -0.2) is 71.9 Å². The maximum absolute atomic E-state index is 12.8. The van der Waals surface area contributed by atoms with Crippen molar-refractivity contribution in [1.29, 1.82) is 0 Å². The Morgan fingerprint density at radius 1 is 0.906 bits per heavy atom. The Morgan fingerprint density at radius 3 is 1.94 bits per heavy atom. The Morgan fingerprint density at radius 2 is 1.47 bits per heavy atom. The Kier molecular flexibility index (Phi) is 13.0. The van der Waals surface area contributed by atoms with Crippen molar-refractivity contribution in [2.24, 2.45) is 33.8 Å². The number of nitrogens with two attached hydrogens (primary N) is 4. The van der Waals surface area contributed by atoms with E-state index in [-0.39, 0.29) is 44.2 Å². The fourth-order valence-corrected chi connectivity index (χ4v) is 2.67. The number of nitrogens with one attached hydrogen (secondary N) is 3. The summed E-state index contributed by atoms with van der Waals surface area (Å²) in [5.74, 6) is -4.54. The average Bonchev–Trinajstić information content (AvgIpc) is 2.67. The zero-order valence-electron chi connectivity index (χ0n) is 18.3. The Labute approximate surface area is 185 Å². The van der Waals surface area contributed by atoms with Crippen molar-refractivity contribution in [3.8, 4) is 0 Å². The molecule has 0 saturated heterocycles. The van der Waals surface area contributed by atoms with Gasteiger partial charge in [-0.2, -0.15) is 0 Å². The summed E-state index contributed by atoms with van der Waals surface area (Å²) < 4.78 is 0. The zero-order valence-corrected chi connectivity index (χ0v) is 18.3. The smallest absolute Gasteiger partial charge is 0.326 e. The molecule has 0 aromatic rings. The molecule has 0 spiro atoms. The highest BCUT2D eigenvalue weighted by Gasteiger charge is 2.30. The van der Waals surface area contributed by atoms with Crippen LogP contribution in [0, 0.1) is 5.92 Å². The minimum atomic E-state index is -1.57. The lowest BCUT2D eigenvalue weighted by atomic mass is 10.0. The summed E-state index contributed by atoms with van der Waals surface area (Å²) in [6, 6.07) is -3.71. The molecule has 3 unspecified atom stereocenters. The number of hydrogen-bond acceptors (Lipinski definition) is 7. The van der Waals surface area contributed by atoms with E-state index in [4.69, 9.17) is 22.9 Å². The molecule has 0 saturated carbocycles. The summed E-state index contributed by atoms with van der Waals surface area (Å²) in [5.41, 5.74) is 20.8. The molecule has 14 heteroatoms. The molecule has 0 aliphatic carbocycles. The molecule has 0 aliphatic rings. The van der Waals surface area contributed by atoms with E-state index < -0.39 is 54.1 Å². The number of primary amides is 1. The number of hydrogen-bond donors (Lipinski definition) is 8. The van der Waals surface area contributed by atoms with Crippen molar-refractivity contribution in [2.75, 3.05) is 13.1 Å². The maximum atomic E-state index is 12.8. The van der Waals surface area contributed by atoms with Crippen LogP contribution in [0.3, 0.4) is 0 Å². The molecule has 0 aromatic heterocycles. The van der Waals surface area contributed by atoms with Gasteiger partial charge in [0.25, 0.3) is 0 Å². The van der Waals surface area contributed by atoms with Crippen LogP contribution in [0.25, 0.3) is 0 Å². The average molecular weight is 459 g/mol. The molecule has 0 aliphatic heterocycles. The van der Waals surface area contributed by atoms with Gasteiger partial charge in [0.05, 0.1) is 13.0 Å². The van der Waals surface area contributed by atoms with Crippen LogP contribution < -0.4 is 38.9 Å². The first-order valence-electron chi connectivity index (χ1n) is 10.0. The minimum Gasteiger partial charge on any atom is -0.480 e. The van der Waals surface area contributed by atoms with Gasteiger partial charge in [-0.25, -0.2) is 4.79 Å². The van der Waals surface area contributed by atoms with Crippen molar-refractivity contribution in [3.05, 3.63) is 0 Å². The first-order chi connectivity index (χ1) is 14.9. The number of carbonyl (C=O) groups excluding carboxylic acids is 4. The summed E-state index contributed by atoms with van der Waals surface area (Å²) in [7, 11) is 0. The maximum Gasteiger partial charge on any atom is 0.326 e. The third kappa shape index (κ3) is 12.3. The lowest BCUT2D eigenvalue weighted by molar-refractivity contribution is -0.143. The molecule has 0 aromatic carbocycles. The fourth-order valence-electron chi connectivity index (χ4n) is 2.67. The molecule has 32 heavy (non-hydrogen) atoms. The van der Waals surface area contributed by atoms with Crippen molar-refractivity contribution >= 4 is 35.6 Å². The molecule has 182 valence electrons. The number of carboxylic acids is 1. The van der Waals surface area contributed by atoms with E-state index in [1.165, 1.54) is 0 Å². The van der Waals surface area contributed by atoms with Crippen LogP contribution in [0.1, 0.15) is 39.5 Å². The van der Waals surface area contributed by atoms with Gasteiger partial charge in [-0.15, -0.1) is 0 Å². The lowest BCUT2D eigenvalue weighted by Gasteiger charge is -2.25. The highest BCUT2D eigenvalue weighted by molar-refractivity contribution is 5.94. The third-order valence-electron chi connectivity index (χ3n) is 4.14. The summed E-state index contributed by atoms with van der Waals surface area (Å²) in [6.45, 7) is 3.52. The van der Waals surface area contributed by atoms with E-state index >= 15 is 0 Å². The lowest BCUT2D eigenvalue weighted by Crippen LogP contribution is -2.56. The first-order valence-corrected chi connectivity index (χ1v) is 10.0. The number of aliphatic imine (C=N–C) groups is 1. The van der Waals surface area contributed by atoms with E-state index in [1.54, 1.807) is 0 Å². The number of nitrogens with zero attached hydrogens (tertiary/aromatic N) is 1. The van der Waals surface area contributed by atoms with Crippen LogP contribution in [0.15, 0.2) is 4.99 Å². The van der Waals surface area contributed by atoms with Gasteiger partial charge in [0.2, 0.25) is 23.6 Å². The van der Waals surface area contributed by atoms with Gasteiger partial charge >= 0.3 is 5.97 Å². The Balaban J connectivity index is 5.50. The fraction of sp³-hybridized carbons (Fsp3) is 0.667. The van der Waals surface area contributed by atoms with Crippen molar-refractivity contribution in [3.63, 3.8) is 0 Å². The number of aliphatic carboxylic acids is 1. The highest BCUT2D eigenvalue weighted by Crippen LogP contribution is 2.07. The van der Waals surface area contributed by atoms with Gasteiger partial charge in [-0.05, 0) is 25.2 Å². The summed E-state index contributed by atoms with van der Waals surface area (Å²) in [4.78, 5) is 63.4. The molecule has 0 radical (unpaired) electrons. The minimum absolute atomic E-state index is 0.0323. The van der Waals surface area contributed by atoms with Crippen LogP contribution in [0.2, 0.25) is 0 Å². The summed E-state index contributed by atoms with van der Waals surface area (Å²) in [6.07, 6.45) is -0.0259. The third-order valence-corrected chi connectivity index (χ3v) is 4.14. The Bertz CT molecular complexity index is 708. The number of guanidine groups is 1. The second-order valence-electron chi connectivity index (χ2n) is 7.53. The highest BCUT2D eigenvalue weighted by atomic mass is 16.4. The predicted octanol–water partition coefficient (Wildman–Crippen LogP) is -3.54. The number of rotatable bonds is 15. The first kappa shape index (κ1) is 28.6. The largest absolute Gasteiger partial charge is 0.480 e. The zero-order chi connectivity index (χ0) is 24.8. The molecule has 0 fully saturated rings. The quantitative estimate of drug-likeness (QED) is 0.0685. The van der Waals surface area contributed by atoms with Crippen LogP contribution in [0.5, 0.6) is 0 Å². The Hall–Kier alpha value is -3.42. The standard InChI is InChI=1S/C18H34N8O6/c1-9(2)6-11(24-14(28)8-19)16(30)25-10(4-3-5-23-18(21)22)15(29)26-12(17(31)32)7-13(20)27/h9-12H,3-8,19H2,1-2H3,(H2,20,27)(H,24,28)(H,25,30)(H,26,29)(H,31,32)(H4,21,22,23). The van der Waals surface area contributed by atoms with E-state index in [0.717, 1.165) is 0 Å². The van der Waals surface area contributed by atoms with E-state index in [1.807, 2.05) is 13.8 Å². The van der Waals surface area contributed by atoms with E-state index in [9.17, 15) is 29.1 Å². The normalized spacial score (nSPS) is 13.4. The molecular formula is C18H34N8O6. The summed E-state index contributed by atoms with van der Waals surface area (Å²) in [5, 5.41) is 16.4.